The van der Waals surface area contributed by atoms with Gasteiger partial charge in [-0.2, -0.15) is 5.10 Å². The molecular weight excluding hydrogens is 220 g/mol. The lowest BCUT2D eigenvalue weighted by Gasteiger charge is -2.31. The quantitative estimate of drug-likeness (QED) is 0.802. The zero-order chi connectivity index (χ0) is 12.3. The number of aromatic amines is 1. The molecule has 1 fully saturated rings. The molecule has 0 aromatic carbocycles. The summed E-state index contributed by atoms with van der Waals surface area (Å²) in [4.78, 5) is 13.9. The van der Waals surface area contributed by atoms with Gasteiger partial charge in [0.25, 0.3) is 5.91 Å². The minimum absolute atomic E-state index is 0.0231. The van der Waals surface area contributed by atoms with E-state index in [-0.39, 0.29) is 5.91 Å². The van der Waals surface area contributed by atoms with Gasteiger partial charge in [0, 0.05) is 32.9 Å². The maximum Gasteiger partial charge on any atom is 0.271 e. The predicted octanol–water partition coefficient (Wildman–Crippen LogP) is 0.490. The number of hydrogen-bond donors (Lipinski definition) is 2. The summed E-state index contributed by atoms with van der Waals surface area (Å²) in [5.74, 6) is 0.892. The standard InChI is InChI=1S/C11H18N4O2/c1-17-7-8-2-4-15(5-3-8)11(16)9-6-10(12)14-13-9/h6,8H,2-5,7H2,1H3,(H3,12,13,14). The molecule has 1 aliphatic rings. The third-order valence-corrected chi connectivity index (χ3v) is 3.13. The van der Waals surface area contributed by atoms with Crippen LogP contribution in [0.1, 0.15) is 23.3 Å². The molecule has 0 unspecified atom stereocenters. The number of nitrogens with two attached hydrogens (primary N) is 1. The Balaban J connectivity index is 1.90. The Morgan fingerprint density at radius 1 is 1.65 bits per heavy atom. The maximum absolute atomic E-state index is 12.0. The number of hydrogen-bond acceptors (Lipinski definition) is 4. The van der Waals surface area contributed by atoms with E-state index < -0.39 is 0 Å². The fourth-order valence-electron chi connectivity index (χ4n) is 2.16. The van der Waals surface area contributed by atoms with Crippen LogP contribution in [0, 0.1) is 5.92 Å². The van der Waals surface area contributed by atoms with Gasteiger partial charge >= 0.3 is 0 Å². The normalized spacial score (nSPS) is 17.4. The molecule has 17 heavy (non-hydrogen) atoms. The molecule has 1 amide bonds. The van der Waals surface area contributed by atoms with Gasteiger partial charge in [-0.3, -0.25) is 9.89 Å². The highest BCUT2D eigenvalue weighted by Crippen LogP contribution is 2.19. The third-order valence-electron chi connectivity index (χ3n) is 3.13. The van der Waals surface area contributed by atoms with Crippen LogP contribution in [0.4, 0.5) is 5.82 Å². The fraction of sp³-hybridized carbons (Fsp3) is 0.636. The highest BCUT2D eigenvalue weighted by Gasteiger charge is 2.24. The van der Waals surface area contributed by atoms with Crippen LogP contribution < -0.4 is 5.73 Å². The molecule has 3 N–H and O–H groups in total. The van der Waals surface area contributed by atoms with Crippen molar-refractivity contribution in [2.24, 2.45) is 5.92 Å². The summed E-state index contributed by atoms with van der Waals surface area (Å²) in [7, 11) is 1.71. The SMILES string of the molecule is COCC1CCN(C(=O)c2cc(N)n[nH]2)CC1. The first-order valence-corrected chi connectivity index (χ1v) is 5.80. The molecule has 6 nitrogen and oxygen atoms in total. The number of anilines is 1. The number of nitrogens with zero attached hydrogens (tertiary/aromatic N) is 2. The number of nitrogen functional groups attached to an aromatic ring is 1. The van der Waals surface area contributed by atoms with Crippen molar-refractivity contribution in [3.8, 4) is 0 Å². The van der Waals surface area contributed by atoms with Crippen molar-refractivity contribution in [2.45, 2.75) is 12.8 Å². The number of amides is 1. The molecule has 0 radical (unpaired) electrons. The van der Waals surface area contributed by atoms with E-state index in [1.165, 1.54) is 0 Å². The number of H-pyrrole nitrogens is 1. The number of piperidine rings is 1. The monoisotopic (exact) mass is 238 g/mol. The predicted molar refractivity (Wildman–Crippen MR) is 63.5 cm³/mol. The van der Waals surface area contributed by atoms with Gasteiger partial charge in [0.15, 0.2) is 0 Å². The average molecular weight is 238 g/mol. The average Bonchev–Trinajstić information content (AvgIpc) is 2.76. The van der Waals surface area contributed by atoms with Gasteiger partial charge in [0.05, 0.1) is 0 Å². The Morgan fingerprint density at radius 3 is 2.88 bits per heavy atom. The second-order valence-electron chi connectivity index (χ2n) is 4.40. The van der Waals surface area contributed by atoms with E-state index in [1.54, 1.807) is 13.2 Å². The molecule has 0 atom stereocenters. The van der Waals surface area contributed by atoms with Gasteiger partial charge in [-0.25, -0.2) is 0 Å². The highest BCUT2D eigenvalue weighted by atomic mass is 16.5. The molecule has 0 bridgehead atoms. The zero-order valence-corrected chi connectivity index (χ0v) is 9.98. The van der Waals surface area contributed by atoms with E-state index >= 15 is 0 Å². The Morgan fingerprint density at radius 2 is 2.35 bits per heavy atom. The van der Waals surface area contributed by atoms with Crippen molar-refractivity contribution < 1.29 is 9.53 Å². The van der Waals surface area contributed by atoms with E-state index in [4.69, 9.17) is 10.5 Å². The van der Waals surface area contributed by atoms with Crippen molar-refractivity contribution in [3.63, 3.8) is 0 Å². The first kappa shape index (κ1) is 11.9. The van der Waals surface area contributed by atoms with Gasteiger partial charge in [-0.05, 0) is 18.8 Å². The van der Waals surface area contributed by atoms with Crippen LogP contribution in [0.15, 0.2) is 6.07 Å². The van der Waals surface area contributed by atoms with Crippen LogP contribution in [0.5, 0.6) is 0 Å². The molecule has 2 rings (SSSR count). The Hall–Kier alpha value is -1.56. The van der Waals surface area contributed by atoms with Crippen molar-refractivity contribution in [1.82, 2.24) is 15.1 Å². The molecule has 6 heteroatoms. The molecule has 1 aromatic rings. The van der Waals surface area contributed by atoms with Gasteiger partial charge in [-0.15, -0.1) is 0 Å². The van der Waals surface area contributed by atoms with Crippen LogP contribution in [0.25, 0.3) is 0 Å². The summed E-state index contributed by atoms with van der Waals surface area (Å²) >= 11 is 0. The molecule has 1 aromatic heterocycles. The number of ether oxygens (including phenoxy) is 1. The van der Waals surface area contributed by atoms with E-state index in [9.17, 15) is 4.79 Å². The van der Waals surface area contributed by atoms with Crippen LogP contribution in [-0.2, 0) is 4.74 Å². The summed E-state index contributed by atoms with van der Waals surface area (Å²) in [5.41, 5.74) is 5.94. The molecule has 0 spiro atoms. The Labute approximate surface area is 100 Å². The van der Waals surface area contributed by atoms with Crippen molar-refractivity contribution >= 4 is 11.7 Å². The minimum Gasteiger partial charge on any atom is -0.384 e. The molecule has 2 heterocycles. The summed E-state index contributed by atoms with van der Waals surface area (Å²) in [5, 5.41) is 6.41. The minimum atomic E-state index is -0.0231. The number of aromatic nitrogens is 2. The van der Waals surface area contributed by atoms with Gasteiger partial charge in [-0.1, -0.05) is 0 Å². The van der Waals surface area contributed by atoms with Crippen LogP contribution in [0.3, 0.4) is 0 Å². The largest absolute Gasteiger partial charge is 0.384 e. The number of carbonyl (C=O) groups is 1. The van der Waals surface area contributed by atoms with Crippen molar-refractivity contribution in [2.75, 3.05) is 32.5 Å². The second kappa shape index (κ2) is 5.18. The summed E-state index contributed by atoms with van der Waals surface area (Å²) < 4.78 is 5.13. The van der Waals surface area contributed by atoms with Crippen LogP contribution in [-0.4, -0.2) is 47.8 Å². The molecule has 1 saturated heterocycles. The molecular formula is C11H18N4O2. The van der Waals surface area contributed by atoms with E-state index in [1.807, 2.05) is 4.90 Å². The Kier molecular flexibility index (Phi) is 3.63. The highest BCUT2D eigenvalue weighted by molar-refractivity contribution is 5.93. The van der Waals surface area contributed by atoms with Gasteiger partial charge in [0.2, 0.25) is 0 Å². The van der Waals surface area contributed by atoms with Crippen molar-refractivity contribution in [1.29, 1.82) is 0 Å². The molecule has 0 aliphatic carbocycles. The molecule has 94 valence electrons. The van der Waals surface area contributed by atoms with Gasteiger partial charge < -0.3 is 15.4 Å². The van der Waals surface area contributed by atoms with Gasteiger partial charge in [0.1, 0.15) is 11.5 Å². The number of methoxy groups -OCH3 is 1. The topological polar surface area (TPSA) is 84.2 Å². The van der Waals surface area contributed by atoms with E-state index in [2.05, 4.69) is 10.2 Å². The van der Waals surface area contributed by atoms with E-state index in [0.717, 1.165) is 32.5 Å². The smallest absolute Gasteiger partial charge is 0.271 e. The number of nitrogens with one attached hydrogen (secondary N) is 1. The number of rotatable bonds is 3. The summed E-state index contributed by atoms with van der Waals surface area (Å²) in [6, 6.07) is 1.57. The number of carbonyl (C=O) groups excluding carboxylic acids is 1. The molecule has 1 aliphatic heterocycles. The first-order chi connectivity index (χ1) is 8.20. The summed E-state index contributed by atoms with van der Waals surface area (Å²) in [6.07, 6.45) is 1.98. The molecule has 0 saturated carbocycles. The lowest BCUT2D eigenvalue weighted by Crippen LogP contribution is -2.39. The van der Waals surface area contributed by atoms with E-state index in [0.29, 0.717) is 17.4 Å². The van der Waals surface area contributed by atoms with Crippen molar-refractivity contribution in [3.05, 3.63) is 11.8 Å². The zero-order valence-electron chi connectivity index (χ0n) is 9.98. The Bertz CT molecular complexity index is 383. The lowest BCUT2D eigenvalue weighted by molar-refractivity contribution is 0.0608. The number of likely N-dealkylation sites (tertiary alicyclic amines) is 1. The van der Waals surface area contributed by atoms with Crippen LogP contribution in [0.2, 0.25) is 0 Å². The summed E-state index contributed by atoms with van der Waals surface area (Å²) in [6.45, 7) is 2.32. The lowest BCUT2D eigenvalue weighted by atomic mass is 9.97. The van der Waals surface area contributed by atoms with Crippen LogP contribution >= 0.6 is 0 Å². The fourth-order valence-corrected chi connectivity index (χ4v) is 2.16. The first-order valence-electron chi connectivity index (χ1n) is 5.80. The third kappa shape index (κ3) is 2.76. The second-order valence-corrected chi connectivity index (χ2v) is 4.40. The maximum atomic E-state index is 12.0.